The molecule has 0 spiro atoms. The molecule has 124 valence electrons. The molecule has 1 fully saturated rings. The van der Waals surface area contributed by atoms with Gasteiger partial charge in [0.15, 0.2) is 0 Å². The molecule has 0 saturated heterocycles. The Labute approximate surface area is 136 Å². The first-order chi connectivity index (χ1) is 10.4. The van der Waals surface area contributed by atoms with E-state index in [-0.39, 0.29) is 11.9 Å². The molecule has 0 atom stereocenters. The van der Waals surface area contributed by atoms with E-state index >= 15 is 0 Å². The summed E-state index contributed by atoms with van der Waals surface area (Å²) in [4.78, 5) is 16.0. The van der Waals surface area contributed by atoms with Crippen LogP contribution in [0.15, 0.2) is 5.16 Å². The quantitative estimate of drug-likeness (QED) is 0.699. The molecular formula is C15H27N5OS. The molecule has 6 nitrogen and oxygen atoms in total. The number of H-pyrrole nitrogens is 1. The molecule has 1 saturated carbocycles. The van der Waals surface area contributed by atoms with Crippen LogP contribution in [0.1, 0.15) is 52.9 Å². The zero-order valence-electron chi connectivity index (χ0n) is 13.7. The number of nitrogens with two attached hydrogens (primary N) is 1. The lowest BCUT2D eigenvalue weighted by Crippen LogP contribution is -2.40. The number of nitrogens with one attached hydrogen (secondary N) is 2. The van der Waals surface area contributed by atoms with Crippen LogP contribution >= 0.6 is 11.8 Å². The first-order valence-corrected chi connectivity index (χ1v) is 8.99. The van der Waals surface area contributed by atoms with Gasteiger partial charge in [0.25, 0.3) is 0 Å². The summed E-state index contributed by atoms with van der Waals surface area (Å²) in [6.07, 6.45) is 5.79. The lowest BCUT2D eigenvalue weighted by Gasteiger charge is -2.39. The van der Waals surface area contributed by atoms with Crippen molar-refractivity contribution in [3.05, 3.63) is 0 Å². The van der Waals surface area contributed by atoms with Gasteiger partial charge in [-0.15, -0.1) is 5.10 Å². The van der Waals surface area contributed by atoms with E-state index in [0.29, 0.717) is 22.4 Å². The number of nitrogens with zero attached hydrogens (tertiary/aromatic N) is 2. The summed E-state index contributed by atoms with van der Waals surface area (Å²) in [5.41, 5.74) is 5.86. The van der Waals surface area contributed by atoms with Crippen LogP contribution in [0, 0.1) is 11.3 Å². The average molecular weight is 325 g/mol. The third-order valence-corrected chi connectivity index (χ3v) is 5.77. The van der Waals surface area contributed by atoms with Crippen LogP contribution in [0.5, 0.6) is 0 Å². The summed E-state index contributed by atoms with van der Waals surface area (Å²) in [5, 5.41) is 10.1. The first-order valence-electron chi connectivity index (χ1n) is 8.00. The minimum absolute atomic E-state index is 0.0478. The van der Waals surface area contributed by atoms with E-state index in [4.69, 9.17) is 5.73 Å². The van der Waals surface area contributed by atoms with Crippen molar-refractivity contribution in [2.75, 3.05) is 11.5 Å². The maximum Gasteiger partial charge on any atom is 0.230 e. The number of aromatic nitrogens is 3. The fourth-order valence-corrected chi connectivity index (χ4v) is 3.65. The van der Waals surface area contributed by atoms with Crippen molar-refractivity contribution in [1.82, 2.24) is 20.5 Å². The van der Waals surface area contributed by atoms with Crippen molar-refractivity contribution >= 4 is 23.6 Å². The van der Waals surface area contributed by atoms with Gasteiger partial charge in [0.1, 0.15) is 0 Å². The number of rotatable bonds is 6. The fourth-order valence-electron chi connectivity index (χ4n) is 3.03. The Balaban J connectivity index is 1.70. The topological polar surface area (TPSA) is 96.7 Å². The van der Waals surface area contributed by atoms with E-state index in [1.165, 1.54) is 31.0 Å². The van der Waals surface area contributed by atoms with Crippen LogP contribution in [-0.4, -0.2) is 32.9 Å². The number of carbonyl (C=O) groups is 1. The molecule has 2 rings (SSSR count). The zero-order chi connectivity index (χ0) is 16.2. The number of thioether (sulfide) groups is 1. The van der Waals surface area contributed by atoms with Gasteiger partial charge in [0, 0.05) is 6.04 Å². The molecule has 22 heavy (non-hydrogen) atoms. The summed E-state index contributed by atoms with van der Waals surface area (Å²) in [6.45, 7) is 6.98. The number of amides is 1. The Bertz CT molecular complexity index is 494. The van der Waals surface area contributed by atoms with E-state index in [1.807, 2.05) is 0 Å². The summed E-state index contributed by atoms with van der Waals surface area (Å²) in [7, 11) is 0. The predicted molar refractivity (Wildman–Crippen MR) is 89.5 cm³/mol. The summed E-state index contributed by atoms with van der Waals surface area (Å²) in [5.74, 6) is 1.43. The molecule has 7 heteroatoms. The van der Waals surface area contributed by atoms with Gasteiger partial charge < -0.3 is 11.1 Å². The Morgan fingerprint density at radius 3 is 2.64 bits per heavy atom. The van der Waals surface area contributed by atoms with Crippen molar-refractivity contribution in [3.63, 3.8) is 0 Å². The minimum atomic E-state index is 0.0478. The van der Waals surface area contributed by atoms with Crippen molar-refractivity contribution in [3.8, 4) is 0 Å². The van der Waals surface area contributed by atoms with Crippen molar-refractivity contribution < 1.29 is 4.79 Å². The van der Waals surface area contributed by atoms with E-state index in [2.05, 4.69) is 41.3 Å². The monoisotopic (exact) mass is 325 g/mol. The molecule has 0 aliphatic heterocycles. The molecule has 1 aliphatic carbocycles. The molecular weight excluding hydrogens is 298 g/mol. The number of hydrogen-bond donors (Lipinski definition) is 3. The summed E-state index contributed by atoms with van der Waals surface area (Å²) < 4.78 is 0. The summed E-state index contributed by atoms with van der Waals surface area (Å²) in [6, 6.07) is 0.314. The van der Waals surface area contributed by atoms with Crippen molar-refractivity contribution in [2.45, 2.75) is 64.1 Å². The lowest BCUT2D eigenvalue weighted by molar-refractivity contribution is -0.119. The van der Waals surface area contributed by atoms with Gasteiger partial charge in [-0.05, 0) is 37.0 Å². The number of carbonyl (C=O) groups excluding carboxylic acids is 1. The standard InChI is InChI=1S/C15H27N5OS/c1-4-15(2,3)10-5-7-11(8-6-10)17-12(21)9-22-14-18-13(16)19-20-14/h10-11H,4-9H2,1-3H3,(H,17,21)(H3,16,18,19,20). The predicted octanol–water partition coefficient (Wildman–Crippen LogP) is 2.59. The Hall–Kier alpha value is -1.24. The van der Waals surface area contributed by atoms with Gasteiger partial charge in [-0.25, -0.2) is 5.10 Å². The highest BCUT2D eigenvalue weighted by molar-refractivity contribution is 7.99. The molecule has 0 aromatic carbocycles. The maximum atomic E-state index is 12.0. The summed E-state index contributed by atoms with van der Waals surface area (Å²) >= 11 is 1.30. The van der Waals surface area contributed by atoms with Gasteiger partial charge in [-0.1, -0.05) is 39.0 Å². The van der Waals surface area contributed by atoms with Crippen LogP contribution in [0.3, 0.4) is 0 Å². The van der Waals surface area contributed by atoms with E-state index in [9.17, 15) is 4.79 Å². The Kier molecular flexibility index (Phi) is 5.72. The van der Waals surface area contributed by atoms with Gasteiger partial charge in [-0.2, -0.15) is 4.98 Å². The van der Waals surface area contributed by atoms with Crippen LogP contribution in [0.25, 0.3) is 0 Å². The number of aromatic amines is 1. The minimum Gasteiger partial charge on any atom is -0.368 e. The number of hydrogen-bond acceptors (Lipinski definition) is 5. The Morgan fingerprint density at radius 2 is 2.09 bits per heavy atom. The van der Waals surface area contributed by atoms with Gasteiger partial charge in [0.05, 0.1) is 5.75 Å². The smallest absolute Gasteiger partial charge is 0.230 e. The second-order valence-corrected chi connectivity index (χ2v) is 7.69. The highest BCUT2D eigenvalue weighted by Crippen LogP contribution is 2.40. The molecule has 4 N–H and O–H groups in total. The normalized spacial score (nSPS) is 22.5. The second kappa shape index (κ2) is 7.35. The maximum absolute atomic E-state index is 12.0. The molecule has 1 amide bonds. The average Bonchev–Trinajstić information content (AvgIpc) is 2.91. The zero-order valence-corrected chi connectivity index (χ0v) is 14.5. The van der Waals surface area contributed by atoms with E-state index < -0.39 is 0 Å². The highest BCUT2D eigenvalue weighted by Gasteiger charge is 2.32. The first kappa shape index (κ1) is 17.1. The van der Waals surface area contributed by atoms with Crippen LogP contribution in [0.2, 0.25) is 0 Å². The van der Waals surface area contributed by atoms with E-state index in [1.54, 1.807) is 0 Å². The SMILES string of the molecule is CCC(C)(C)C1CCC(NC(=O)CSc2n[nH]c(N)n2)CC1. The van der Waals surface area contributed by atoms with Crippen LogP contribution in [-0.2, 0) is 4.79 Å². The molecule has 1 aromatic heterocycles. The van der Waals surface area contributed by atoms with Crippen LogP contribution in [0.4, 0.5) is 5.95 Å². The van der Waals surface area contributed by atoms with Gasteiger partial charge in [0.2, 0.25) is 17.0 Å². The molecule has 1 heterocycles. The lowest BCUT2D eigenvalue weighted by atomic mass is 9.69. The number of nitrogen functional groups attached to an aromatic ring is 1. The van der Waals surface area contributed by atoms with Crippen LogP contribution < -0.4 is 11.1 Å². The fraction of sp³-hybridized carbons (Fsp3) is 0.800. The van der Waals surface area contributed by atoms with Gasteiger partial charge >= 0.3 is 0 Å². The molecule has 1 aromatic rings. The number of anilines is 1. The van der Waals surface area contributed by atoms with Crippen molar-refractivity contribution in [1.29, 1.82) is 0 Å². The van der Waals surface area contributed by atoms with E-state index in [0.717, 1.165) is 18.8 Å². The molecule has 1 aliphatic rings. The third-order valence-electron chi connectivity index (χ3n) is 4.92. The highest BCUT2D eigenvalue weighted by atomic mass is 32.2. The van der Waals surface area contributed by atoms with Crippen molar-refractivity contribution in [2.24, 2.45) is 11.3 Å². The Morgan fingerprint density at radius 1 is 1.41 bits per heavy atom. The molecule has 0 radical (unpaired) electrons. The second-order valence-electron chi connectivity index (χ2n) is 6.75. The van der Waals surface area contributed by atoms with Gasteiger partial charge in [-0.3, -0.25) is 4.79 Å². The molecule has 0 unspecified atom stereocenters. The largest absolute Gasteiger partial charge is 0.368 e. The molecule has 0 bridgehead atoms. The third kappa shape index (κ3) is 4.63.